The maximum Gasteiger partial charge on any atom is 0.143 e. The van der Waals surface area contributed by atoms with E-state index in [4.69, 9.17) is 11.6 Å². The molecule has 0 fully saturated rings. The fourth-order valence-electron chi connectivity index (χ4n) is 2.07. The van der Waals surface area contributed by atoms with E-state index in [1.54, 1.807) is 18.2 Å². The van der Waals surface area contributed by atoms with Crippen LogP contribution in [0.5, 0.6) is 17.2 Å². The van der Waals surface area contributed by atoms with Crippen LogP contribution in [0, 0.1) is 0 Å². The Labute approximate surface area is 130 Å². The molecule has 0 aliphatic heterocycles. The highest BCUT2D eigenvalue weighted by Crippen LogP contribution is 2.38. The second-order valence-corrected chi connectivity index (χ2v) is 5.11. The van der Waals surface area contributed by atoms with Gasteiger partial charge in [-0.05, 0) is 41.8 Å². The summed E-state index contributed by atoms with van der Waals surface area (Å²) in [5, 5.41) is 39.0. The number of nitrogens with zero attached hydrogens (tertiary/aromatic N) is 2. The molecule has 0 atom stereocenters. The summed E-state index contributed by atoms with van der Waals surface area (Å²) in [6.07, 6.45) is 0. The van der Waals surface area contributed by atoms with E-state index in [1.165, 1.54) is 30.3 Å². The second-order valence-electron chi connectivity index (χ2n) is 4.67. The van der Waals surface area contributed by atoms with Crippen molar-refractivity contribution in [2.24, 2.45) is 10.2 Å². The zero-order chi connectivity index (χ0) is 15.7. The van der Waals surface area contributed by atoms with E-state index >= 15 is 0 Å². The minimum absolute atomic E-state index is 0.0557. The van der Waals surface area contributed by atoms with Crippen molar-refractivity contribution in [1.82, 2.24) is 0 Å². The van der Waals surface area contributed by atoms with E-state index in [0.29, 0.717) is 10.4 Å². The summed E-state index contributed by atoms with van der Waals surface area (Å²) in [7, 11) is 0. The van der Waals surface area contributed by atoms with Crippen LogP contribution in [0.1, 0.15) is 0 Å². The van der Waals surface area contributed by atoms with Crippen molar-refractivity contribution in [3.8, 4) is 17.2 Å². The number of benzene rings is 3. The molecule has 0 aliphatic carbocycles. The number of phenolic OH excluding ortho intramolecular Hbond substituents is 3. The predicted octanol–water partition coefficient (Wildman–Crippen LogP) is 5.03. The molecular formula is C16H11ClN2O3. The Kier molecular flexibility index (Phi) is 3.56. The van der Waals surface area contributed by atoms with Gasteiger partial charge in [-0.25, -0.2) is 0 Å². The Morgan fingerprint density at radius 1 is 0.773 bits per heavy atom. The fourth-order valence-corrected chi connectivity index (χ4v) is 2.23. The number of hydrogen-bond donors (Lipinski definition) is 3. The summed E-state index contributed by atoms with van der Waals surface area (Å²) in [6, 6.07) is 12.3. The Morgan fingerprint density at radius 2 is 1.50 bits per heavy atom. The van der Waals surface area contributed by atoms with Crippen molar-refractivity contribution < 1.29 is 15.3 Å². The van der Waals surface area contributed by atoms with E-state index in [0.717, 1.165) is 5.39 Å². The van der Waals surface area contributed by atoms with Gasteiger partial charge in [-0.1, -0.05) is 23.7 Å². The number of hydrogen-bond acceptors (Lipinski definition) is 5. The third-order valence-electron chi connectivity index (χ3n) is 3.15. The Balaban J connectivity index is 2.14. The van der Waals surface area contributed by atoms with Crippen LogP contribution < -0.4 is 0 Å². The average Bonchev–Trinajstić information content (AvgIpc) is 2.49. The molecule has 0 heterocycles. The maximum atomic E-state index is 9.98. The summed E-state index contributed by atoms with van der Waals surface area (Å²) in [6.45, 7) is 0. The first-order chi connectivity index (χ1) is 10.5. The quantitative estimate of drug-likeness (QED) is 0.580. The van der Waals surface area contributed by atoms with Gasteiger partial charge in [0.05, 0.1) is 0 Å². The highest BCUT2D eigenvalue weighted by atomic mass is 35.5. The molecule has 0 aliphatic rings. The van der Waals surface area contributed by atoms with Crippen molar-refractivity contribution in [2.45, 2.75) is 0 Å². The van der Waals surface area contributed by atoms with Crippen LogP contribution in [-0.4, -0.2) is 15.3 Å². The second kappa shape index (κ2) is 5.54. The molecule has 0 saturated carbocycles. The largest absolute Gasteiger partial charge is 0.508 e. The van der Waals surface area contributed by atoms with Crippen LogP contribution in [0.15, 0.2) is 58.8 Å². The van der Waals surface area contributed by atoms with Crippen LogP contribution in [0.3, 0.4) is 0 Å². The monoisotopic (exact) mass is 314 g/mol. The van der Waals surface area contributed by atoms with Crippen LogP contribution in [0.4, 0.5) is 11.4 Å². The molecule has 3 rings (SSSR count). The van der Waals surface area contributed by atoms with Gasteiger partial charge in [0.25, 0.3) is 0 Å². The molecule has 110 valence electrons. The lowest BCUT2D eigenvalue weighted by molar-refractivity contribution is 0.473. The van der Waals surface area contributed by atoms with Gasteiger partial charge in [-0.2, -0.15) is 0 Å². The van der Waals surface area contributed by atoms with Crippen LogP contribution >= 0.6 is 11.6 Å². The number of aromatic hydroxyl groups is 3. The molecule has 5 nitrogen and oxygen atoms in total. The number of azo groups is 1. The molecule has 3 aromatic rings. The lowest BCUT2D eigenvalue weighted by Crippen LogP contribution is -1.76. The molecule has 0 saturated heterocycles. The fraction of sp³-hybridized carbons (Fsp3) is 0. The standard InChI is InChI=1S/C16H11ClN2O3/c17-10-3-6-14(21)13(7-10)18-19-16-12-8-11(20)4-1-9(12)2-5-15(16)22/h1-8,20-22H. The van der Waals surface area contributed by atoms with Crippen molar-refractivity contribution in [1.29, 1.82) is 0 Å². The molecule has 0 radical (unpaired) electrons. The van der Waals surface area contributed by atoms with E-state index in [2.05, 4.69) is 10.2 Å². The normalized spacial score (nSPS) is 11.3. The zero-order valence-electron chi connectivity index (χ0n) is 11.2. The van der Waals surface area contributed by atoms with Gasteiger partial charge in [0.1, 0.15) is 28.6 Å². The molecule has 6 heteroatoms. The van der Waals surface area contributed by atoms with Crippen LogP contribution in [0.25, 0.3) is 10.8 Å². The summed E-state index contributed by atoms with van der Waals surface area (Å²) in [5.41, 5.74) is 0.386. The van der Waals surface area contributed by atoms with Gasteiger partial charge in [0, 0.05) is 10.4 Å². The van der Waals surface area contributed by atoms with Gasteiger partial charge in [0.2, 0.25) is 0 Å². The van der Waals surface area contributed by atoms with Crippen molar-refractivity contribution >= 4 is 33.7 Å². The smallest absolute Gasteiger partial charge is 0.143 e. The highest BCUT2D eigenvalue weighted by molar-refractivity contribution is 6.30. The molecule has 0 amide bonds. The van der Waals surface area contributed by atoms with Crippen molar-refractivity contribution in [2.75, 3.05) is 0 Å². The molecule has 0 unspecified atom stereocenters. The molecule has 0 aromatic heterocycles. The molecule has 0 spiro atoms. The molecular weight excluding hydrogens is 304 g/mol. The third kappa shape index (κ3) is 2.66. The number of fused-ring (bicyclic) bond motifs is 1. The summed E-state index contributed by atoms with van der Waals surface area (Å²) < 4.78 is 0. The Morgan fingerprint density at radius 3 is 2.32 bits per heavy atom. The highest BCUT2D eigenvalue weighted by Gasteiger charge is 2.08. The predicted molar refractivity (Wildman–Crippen MR) is 84.6 cm³/mol. The number of phenols is 3. The molecule has 22 heavy (non-hydrogen) atoms. The molecule has 3 aromatic carbocycles. The molecule has 0 bridgehead atoms. The SMILES string of the molecule is Oc1ccc2ccc(O)c(N=Nc3cc(Cl)ccc3O)c2c1. The van der Waals surface area contributed by atoms with Gasteiger partial charge in [-0.15, -0.1) is 10.2 Å². The van der Waals surface area contributed by atoms with Gasteiger partial charge in [-0.3, -0.25) is 0 Å². The maximum absolute atomic E-state index is 9.98. The molecule has 3 N–H and O–H groups in total. The third-order valence-corrected chi connectivity index (χ3v) is 3.39. The van der Waals surface area contributed by atoms with E-state index in [1.807, 2.05) is 0 Å². The van der Waals surface area contributed by atoms with Crippen molar-refractivity contribution in [3.63, 3.8) is 0 Å². The lowest BCUT2D eigenvalue weighted by atomic mass is 10.1. The van der Waals surface area contributed by atoms with Gasteiger partial charge in [0.15, 0.2) is 0 Å². The minimum Gasteiger partial charge on any atom is -0.508 e. The number of rotatable bonds is 2. The first kappa shape index (κ1) is 14.2. The van der Waals surface area contributed by atoms with Gasteiger partial charge < -0.3 is 15.3 Å². The van der Waals surface area contributed by atoms with Gasteiger partial charge >= 0.3 is 0 Å². The van der Waals surface area contributed by atoms with Crippen LogP contribution in [0.2, 0.25) is 5.02 Å². The topological polar surface area (TPSA) is 85.4 Å². The summed E-state index contributed by atoms with van der Waals surface area (Å²) in [5.74, 6) is -0.0979. The van der Waals surface area contributed by atoms with E-state index < -0.39 is 0 Å². The van der Waals surface area contributed by atoms with E-state index in [-0.39, 0.29) is 28.6 Å². The van der Waals surface area contributed by atoms with E-state index in [9.17, 15) is 15.3 Å². The van der Waals surface area contributed by atoms with Crippen molar-refractivity contribution in [3.05, 3.63) is 53.6 Å². The summed E-state index contributed by atoms with van der Waals surface area (Å²) >= 11 is 5.85. The summed E-state index contributed by atoms with van der Waals surface area (Å²) in [4.78, 5) is 0. The first-order valence-corrected chi connectivity index (χ1v) is 6.77. The number of halogens is 1. The minimum atomic E-state index is -0.0802. The van der Waals surface area contributed by atoms with Crippen LogP contribution in [-0.2, 0) is 0 Å². The Bertz CT molecular complexity index is 889. The first-order valence-electron chi connectivity index (χ1n) is 6.39. The Hall–Kier alpha value is -2.79. The average molecular weight is 315 g/mol. The zero-order valence-corrected chi connectivity index (χ0v) is 12.0. The lowest BCUT2D eigenvalue weighted by Gasteiger charge is -2.05.